The largest absolute Gasteiger partial charge is 0.461 e. The molecular weight excluding hydrogens is 520 g/mol. The van der Waals surface area contributed by atoms with Crippen LogP contribution < -0.4 is 4.74 Å². The summed E-state index contributed by atoms with van der Waals surface area (Å²) >= 11 is 1.45. The standard InChI is InChI=1S/C27H35F2NO5S2/c1-5-8-9-20-14-21(18-10-12-19(28)13-11-18)22-15-25(36-7-3)24(16-26(22)37(32,33)30(20)4)35-17-23(29)27(31)34-6-2/h10-13,15-17,20-21,32-33H,5-9,14H2,1-4H3/b23-17-. The molecule has 37 heavy (non-hydrogen) atoms. The van der Waals surface area contributed by atoms with E-state index in [1.165, 1.54) is 30.0 Å². The Morgan fingerprint density at radius 1 is 1.22 bits per heavy atom. The lowest BCUT2D eigenvalue weighted by atomic mass is 9.84. The highest BCUT2D eigenvalue weighted by molar-refractivity contribution is 8.22. The monoisotopic (exact) mass is 555 g/mol. The minimum atomic E-state index is -3.44. The number of ether oxygens (including phenoxy) is 2. The van der Waals surface area contributed by atoms with Crippen molar-refractivity contribution in [1.82, 2.24) is 4.31 Å². The number of benzene rings is 2. The number of carbonyl (C=O) groups is 1. The second-order valence-electron chi connectivity index (χ2n) is 8.77. The van der Waals surface area contributed by atoms with Gasteiger partial charge in [-0.1, -0.05) is 38.8 Å². The Balaban J connectivity index is 2.17. The van der Waals surface area contributed by atoms with Gasteiger partial charge in [-0.3, -0.25) is 9.11 Å². The maximum atomic E-state index is 14.2. The second kappa shape index (κ2) is 13.1. The normalized spacial score (nSPS) is 20.6. The Bertz CT molecular complexity index is 1110. The van der Waals surface area contributed by atoms with Crippen LogP contribution in [0.4, 0.5) is 8.78 Å². The topological polar surface area (TPSA) is 79.2 Å². The number of halogens is 2. The van der Waals surface area contributed by atoms with Gasteiger partial charge in [-0.25, -0.2) is 13.5 Å². The van der Waals surface area contributed by atoms with Crippen molar-refractivity contribution in [3.05, 3.63) is 65.4 Å². The van der Waals surface area contributed by atoms with Crippen LogP contribution in [0, 0.1) is 5.82 Å². The van der Waals surface area contributed by atoms with E-state index in [9.17, 15) is 22.7 Å². The number of hydrogen-bond donors (Lipinski definition) is 2. The first-order valence-corrected chi connectivity index (χ1v) is 14.9. The van der Waals surface area contributed by atoms with Gasteiger partial charge in [-0.15, -0.1) is 22.5 Å². The van der Waals surface area contributed by atoms with E-state index < -0.39 is 22.6 Å². The third-order valence-electron chi connectivity index (χ3n) is 6.39. The van der Waals surface area contributed by atoms with E-state index in [0.29, 0.717) is 28.9 Å². The molecule has 0 amide bonds. The van der Waals surface area contributed by atoms with Gasteiger partial charge in [0.25, 0.3) is 0 Å². The molecular formula is C27H35F2NO5S2. The molecule has 2 aromatic carbocycles. The zero-order chi connectivity index (χ0) is 27.2. The molecule has 0 saturated carbocycles. The predicted molar refractivity (Wildman–Crippen MR) is 144 cm³/mol. The summed E-state index contributed by atoms with van der Waals surface area (Å²) in [7, 11) is -1.74. The van der Waals surface area contributed by atoms with Crippen LogP contribution in [0.15, 0.2) is 58.3 Å². The number of carbonyl (C=O) groups excluding carboxylic acids is 1. The van der Waals surface area contributed by atoms with Gasteiger partial charge in [0.05, 0.1) is 16.4 Å². The van der Waals surface area contributed by atoms with Gasteiger partial charge < -0.3 is 9.47 Å². The quantitative estimate of drug-likeness (QED) is 0.134. The molecule has 0 saturated heterocycles. The van der Waals surface area contributed by atoms with Crippen LogP contribution in [0.3, 0.4) is 0 Å². The van der Waals surface area contributed by atoms with Crippen molar-refractivity contribution in [3.63, 3.8) is 0 Å². The van der Waals surface area contributed by atoms with Gasteiger partial charge in [0.1, 0.15) is 17.8 Å². The number of esters is 1. The molecule has 6 nitrogen and oxygen atoms in total. The Kier molecular flexibility index (Phi) is 10.4. The Hall–Kier alpha value is -2.11. The zero-order valence-electron chi connectivity index (χ0n) is 21.6. The van der Waals surface area contributed by atoms with Crippen LogP contribution in [0.5, 0.6) is 5.75 Å². The average molecular weight is 556 g/mol. The first-order chi connectivity index (χ1) is 17.6. The van der Waals surface area contributed by atoms with Crippen LogP contribution in [0.25, 0.3) is 0 Å². The minimum absolute atomic E-state index is 0.0209. The third kappa shape index (κ3) is 6.86. The summed E-state index contributed by atoms with van der Waals surface area (Å²) in [6, 6.07) is 9.49. The van der Waals surface area contributed by atoms with E-state index in [1.807, 2.05) is 13.0 Å². The molecule has 2 unspecified atom stereocenters. The van der Waals surface area contributed by atoms with E-state index in [0.717, 1.165) is 24.8 Å². The smallest absolute Gasteiger partial charge is 0.370 e. The van der Waals surface area contributed by atoms with Gasteiger partial charge in [0.15, 0.2) is 0 Å². The molecule has 10 heteroatoms. The van der Waals surface area contributed by atoms with Crippen molar-refractivity contribution < 1.29 is 32.2 Å². The molecule has 0 aromatic heterocycles. The maximum absolute atomic E-state index is 14.2. The number of rotatable bonds is 10. The predicted octanol–water partition coefficient (Wildman–Crippen LogP) is 7.74. The third-order valence-corrected chi connectivity index (χ3v) is 9.36. The molecule has 0 aliphatic carbocycles. The Labute approximate surface area is 223 Å². The van der Waals surface area contributed by atoms with E-state index >= 15 is 0 Å². The van der Waals surface area contributed by atoms with Gasteiger partial charge in [0, 0.05) is 25.1 Å². The summed E-state index contributed by atoms with van der Waals surface area (Å²) in [5.41, 5.74) is 1.57. The van der Waals surface area contributed by atoms with Crippen molar-refractivity contribution in [2.45, 2.75) is 68.2 Å². The van der Waals surface area contributed by atoms with Crippen molar-refractivity contribution in [2.75, 3.05) is 19.4 Å². The summed E-state index contributed by atoms with van der Waals surface area (Å²) in [5, 5.41) is 0. The Morgan fingerprint density at radius 2 is 1.92 bits per heavy atom. The fourth-order valence-corrected chi connectivity index (χ4v) is 6.92. The number of unbranched alkanes of at least 4 members (excludes halogenated alkanes) is 1. The molecule has 1 heterocycles. The lowest BCUT2D eigenvalue weighted by molar-refractivity contribution is -0.140. The Morgan fingerprint density at radius 3 is 2.54 bits per heavy atom. The van der Waals surface area contributed by atoms with Crippen LogP contribution in [-0.2, 0) is 9.53 Å². The first kappa shape index (κ1) is 29.4. The lowest BCUT2D eigenvalue weighted by Crippen LogP contribution is -2.33. The molecule has 0 fully saturated rings. The van der Waals surface area contributed by atoms with Gasteiger partial charge in [-0.05, 0) is 54.8 Å². The molecule has 2 aromatic rings. The van der Waals surface area contributed by atoms with Crippen molar-refractivity contribution >= 4 is 28.5 Å². The van der Waals surface area contributed by atoms with E-state index in [1.54, 1.807) is 30.4 Å². The first-order valence-electron chi connectivity index (χ1n) is 12.4. The number of hydrogen-bond acceptors (Lipinski definition) is 7. The van der Waals surface area contributed by atoms with Crippen LogP contribution in [0.1, 0.15) is 63.5 Å². The average Bonchev–Trinajstić information content (AvgIpc) is 2.95. The molecule has 1 aliphatic heterocycles. The fraction of sp³-hybridized carbons (Fsp3) is 0.444. The van der Waals surface area contributed by atoms with Crippen molar-refractivity contribution in [1.29, 1.82) is 0 Å². The highest BCUT2D eigenvalue weighted by Gasteiger charge is 2.39. The van der Waals surface area contributed by atoms with Crippen molar-refractivity contribution in [3.8, 4) is 5.75 Å². The number of thioether (sulfide) groups is 1. The van der Waals surface area contributed by atoms with Crippen LogP contribution >= 0.6 is 22.5 Å². The molecule has 0 spiro atoms. The maximum Gasteiger partial charge on any atom is 0.370 e. The second-order valence-corrected chi connectivity index (χ2v) is 12.1. The summed E-state index contributed by atoms with van der Waals surface area (Å²) < 4.78 is 62.8. The highest BCUT2D eigenvalue weighted by atomic mass is 32.3. The molecule has 0 radical (unpaired) electrons. The number of fused-ring (bicyclic) bond motifs is 1. The van der Waals surface area contributed by atoms with E-state index in [4.69, 9.17) is 4.74 Å². The summed E-state index contributed by atoms with van der Waals surface area (Å²) in [5.74, 6) is -2.04. The highest BCUT2D eigenvalue weighted by Crippen LogP contribution is 2.60. The lowest BCUT2D eigenvalue weighted by Gasteiger charge is -2.44. The van der Waals surface area contributed by atoms with Gasteiger partial charge >= 0.3 is 5.97 Å². The molecule has 1 aliphatic rings. The van der Waals surface area contributed by atoms with E-state index in [-0.39, 0.29) is 35.0 Å². The summed E-state index contributed by atoms with van der Waals surface area (Å²) in [6.07, 6.45) is 3.93. The molecule has 204 valence electrons. The molecule has 3 rings (SSSR count). The fourth-order valence-electron chi connectivity index (χ4n) is 4.45. The summed E-state index contributed by atoms with van der Waals surface area (Å²) in [4.78, 5) is 12.6. The van der Waals surface area contributed by atoms with Crippen LogP contribution in [-0.4, -0.2) is 44.8 Å². The van der Waals surface area contributed by atoms with Crippen LogP contribution in [0.2, 0.25) is 0 Å². The molecule has 2 N–H and O–H groups in total. The number of nitrogens with zero attached hydrogens (tertiary/aromatic N) is 1. The molecule has 0 bridgehead atoms. The molecule has 2 atom stereocenters. The zero-order valence-corrected chi connectivity index (χ0v) is 23.2. The van der Waals surface area contributed by atoms with Gasteiger partial charge in [0.2, 0.25) is 5.83 Å². The summed E-state index contributed by atoms with van der Waals surface area (Å²) in [6.45, 7) is 5.63. The van der Waals surface area contributed by atoms with E-state index in [2.05, 4.69) is 11.7 Å². The van der Waals surface area contributed by atoms with Gasteiger partial charge in [-0.2, -0.15) is 4.39 Å². The minimum Gasteiger partial charge on any atom is -0.461 e. The van der Waals surface area contributed by atoms with Crippen molar-refractivity contribution in [2.24, 2.45) is 0 Å². The SMILES string of the molecule is CCCCC1CC(c2ccc(F)cc2)c2cc(SCC)c(O/C=C(\F)C(=O)OCC)cc2S(O)(O)N1C.